The molecule has 24 heteroatoms. The normalized spacial score (nSPS) is 9.04. The van der Waals surface area contributed by atoms with Crippen molar-refractivity contribution >= 4 is 59.7 Å². The summed E-state index contributed by atoms with van der Waals surface area (Å²) in [6.07, 6.45) is -2.52. The zero-order chi connectivity index (χ0) is 44.5. The number of carbonyl (C=O) groups is 10. The average Bonchev–Trinajstić information content (AvgIpc) is 3.02. The molecule has 0 heterocycles. The van der Waals surface area contributed by atoms with E-state index in [-0.39, 0.29) is 27.9 Å². The Bertz CT molecular complexity index is 1160. The molecule has 0 unspecified atom stereocenters. The van der Waals surface area contributed by atoms with Gasteiger partial charge in [0.25, 0.3) is 0 Å². The highest BCUT2D eigenvalue weighted by atomic mass is 16.4. The van der Waals surface area contributed by atoms with Crippen LogP contribution in [0.3, 0.4) is 0 Å². The predicted molar refractivity (Wildman–Crippen MR) is 176 cm³/mol. The monoisotopic (exact) mass is 786 g/mol. The Morgan fingerprint density at radius 2 is 0.407 bits per heavy atom. The molecule has 24 nitrogen and oxygen atoms in total. The third-order valence-electron chi connectivity index (χ3n) is 4.68. The summed E-state index contributed by atoms with van der Waals surface area (Å²) in [7, 11) is 0. The zero-order valence-electron chi connectivity index (χ0n) is 28.2. The summed E-state index contributed by atoms with van der Waals surface area (Å²) in [5.74, 6) is -12.2. The van der Waals surface area contributed by atoms with Crippen LogP contribution in [0.1, 0.15) is 32.1 Å². The smallest absolute Gasteiger partial charge is 0.331 e. The van der Waals surface area contributed by atoms with E-state index in [1.54, 1.807) is 0 Å². The van der Waals surface area contributed by atoms with Crippen LogP contribution in [0.2, 0.25) is 0 Å². The second-order valence-corrected chi connectivity index (χ2v) is 9.53. The van der Waals surface area contributed by atoms with Gasteiger partial charge in [-0.3, -0.25) is 24.0 Å². The number of carboxylic acids is 10. The Morgan fingerprint density at radius 3 is 0.426 bits per heavy atom. The molecule has 0 bridgehead atoms. The van der Waals surface area contributed by atoms with Gasteiger partial charge in [-0.1, -0.05) is 32.9 Å². The number of aliphatic hydroxyl groups excluding tert-OH is 4. The molecule has 0 aliphatic heterocycles. The van der Waals surface area contributed by atoms with Gasteiger partial charge in [0.05, 0.1) is 63.9 Å². The van der Waals surface area contributed by atoms with Crippen molar-refractivity contribution in [3.8, 4) is 0 Å². The van der Waals surface area contributed by atoms with Crippen LogP contribution < -0.4 is 0 Å². The van der Waals surface area contributed by atoms with Crippen molar-refractivity contribution < 1.29 is 119 Å². The molecule has 0 aromatic heterocycles. The molecule has 0 fully saturated rings. The van der Waals surface area contributed by atoms with Crippen LogP contribution in [0.15, 0.2) is 60.8 Å². The minimum atomic E-state index is -1.27. The third-order valence-corrected chi connectivity index (χ3v) is 4.68. The SMILES string of the molecule is C=C(CC(=O)O)C(=O)O.C=C(CC(=O)O)C(=O)O.C=C(CC(=O)O)C(=O)O.C=C(CC(=O)O)C(=O)O.C=C(CC(=O)O)C(=O)O.OCC(CO)(CO)CO. The first kappa shape index (κ1) is 59.4. The van der Waals surface area contributed by atoms with E-state index in [4.69, 9.17) is 71.5 Å². The second-order valence-electron chi connectivity index (χ2n) is 9.53. The molecule has 14 N–H and O–H groups in total. The van der Waals surface area contributed by atoms with Crippen molar-refractivity contribution in [2.75, 3.05) is 26.4 Å². The summed E-state index contributed by atoms with van der Waals surface area (Å²) in [4.78, 5) is 98.3. The van der Waals surface area contributed by atoms with Gasteiger partial charge in [0.2, 0.25) is 0 Å². The van der Waals surface area contributed by atoms with Gasteiger partial charge in [0, 0.05) is 27.9 Å². The highest BCUT2D eigenvalue weighted by Gasteiger charge is 2.26. The first-order valence-corrected chi connectivity index (χ1v) is 13.5. The number of aliphatic carboxylic acids is 10. The van der Waals surface area contributed by atoms with E-state index in [2.05, 4.69) is 32.9 Å². The summed E-state index contributed by atoms with van der Waals surface area (Å²) in [6, 6.07) is 0. The Morgan fingerprint density at radius 1 is 0.296 bits per heavy atom. The van der Waals surface area contributed by atoms with E-state index in [0.717, 1.165) is 0 Å². The van der Waals surface area contributed by atoms with E-state index in [0.29, 0.717) is 0 Å². The van der Waals surface area contributed by atoms with Crippen LogP contribution in [-0.2, 0) is 47.9 Å². The van der Waals surface area contributed by atoms with E-state index in [1.165, 1.54) is 0 Å². The maximum Gasteiger partial charge on any atom is 0.331 e. The van der Waals surface area contributed by atoms with Crippen molar-refractivity contribution in [3.05, 3.63) is 60.8 Å². The van der Waals surface area contributed by atoms with Crippen LogP contribution in [0, 0.1) is 5.41 Å². The fraction of sp³-hybridized carbons (Fsp3) is 0.333. The molecule has 0 amide bonds. The predicted octanol–water partition coefficient (Wildman–Crippen LogP) is -1.55. The van der Waals surface area contributed by atoms with Crippen LogP contribution in [-0.4, -0.2) is 158 Å². The molecule has 0 aliphatic rings. The van der Waals surface area contributed by atoms with E-state index >= 15 is 0 Å². The van der Waals surface area contributed by atoms with E-state index in [9.17, 15) is 47.9 Å². The standard InChI is InChI=1S/C5H12O4.5C5H6O4/c6-1-5(2-7,3-8)4-9;5*1-3(5(8)9)2-4(6)7/h6-9H,1-4H2;5*1-2H2,(H,6,7)(H,8,9). The van der Waals surface area contributed by atoms with Crippen LogP contribution in [0.5, 0.6) is 0 Å². The molecule has 0 saturated heterocycles. The Labute approximate surface area is 304 Å². The molecular formula is C30H42O24. The zero-order valence-corrected chi connectivity index (χ0v) is 28.2. The molecule has 0 spiro atoms. The van der Waals surface area contributed by atoms with Crippen molar-refractivity contribution in [3.63, 3.8) is 0 Å². The van der Waals surface area contributed by atoms with Crippen molar-refractivity contribution in [1.29, 1.82) is 0 Å². The lowest BCUT2D eigenvalue weighted by molar-refractivity contribution is -0.139. The lowest BCUT2D eigenvalue weighted by Gasteiger charge is -2.23. The summed E-state index contributed by atoms with van der Waals surface area (Å²) < 4.78 is 0. The molecule has 0 atom stereocenters. The lowest BCUT2D eigenvalue weighted by Crippen LogP contribution is -2.37. The van der Waals surface area contributed by atoms with Crippen molar-refractivity contribution in [1.82, 2.24) is 0 Å². The molecule has 0 rings (SSSR count). The molecule has 0 radical (unpaired) electrons. The molecular weight excluding hydrogens is 744 g/mol. The van der Waals surface area contributed by atoms with Gasteiger partial charge in [-0.05, 0) is 0 Å². The average molecular weight is 787 g/mol. The van der Waals surface area contributed by atoms with Gasteiger partial charge in [0.1, 0.15) is 0 Å². The summed E-state index contributed by atoms with van der Waals surface area (Å²) >= 11 is 0. The molecule has 0 aromatic rings. The molecule has 0 aliphatic carbocycles. The van der Waals surface area contributed by atoms with Crippen molar-refractivity contribution in [2.45, 2.75) is 32.1 Å². The largest absolute Gasteiger partial charge is 0.481 e. The number of rotatable bonds is 19. The Balaban J connectivity index is -0.000000128. The molecule has 54 heavy (non-hydrogen) atoms. The number of carboxylic acid groups (broad SMARTS) is 10. The van der Waals surface area contributed by atoms with Gasteiger partial charge in [-0.25, -0.2) is 24.0 Å². The fourth-order valence-electron chi connectivity index (χ4n) is 1.59. The quantitative estimate of drug-likeness (QED) is 0.0659. The lowest BCUT2D eigenvalue weighted by atomic mass is 9.93. The highest BCUT2D eigenvalue weighted by molar-refractivity contribution is 5.93. The van der Waals surface area contributed by atoms with Crippen LogP contribution in [0.25, 0.3) is 0 Å². The Hall–Kier alpha value is -6.76. The number of hydrogen-bond acceptors (Lipinski definition) is 14. The molecule has 0 aromatic carbocycles. The van der Waals surface area contributed by atoms with E-state index in [1.807, 2.05) is 0 Å². The van der Waals surface area contributed by atoms with Crippen molar-refractivity contribution in [2.24, 2.45) is 5.41 Å². The van der Waals surface area contributed by atoms with Gasteiger partial charge in [-0.2, -0.15) is 0 Å². The van der Waals surface area contributed by atoms with Gasteiger partial charge in [-0.15, -0.1) is 0 Å². The van der Waals surface area contributed by atoms with Crippen LogP contribution in [0.4, 0.5) is 0 Å². The maximum atomic E-state index is 9.87. The van der Waals surface area contributed by atoms with Gasteiger partial charge in [0.15, 0.2) is 0 Å². The highest BCUT2D eigenvalue weighted by Crippen LogP contribution is 2.11. The first-order chi connectivity index (χ1) is 24.4. The second kappa shape index (κ2) is 33.4. The Kier molecular flexibility index (Phi) is 36.7. The van der Waals surface area contributed by atoms with E-state index < -0.39 is 124 Å². The maximum absolute atomic E-state index is 9.87. The summed E-state index contributed by atoms with van der Waals surface area (Å²) in [5.41, 5.74) is -2.63. The van der Waals surface area contributed by atoms with Gasteiger partial charge >= 0.3 is 59.7 Å². The third kappa shape index (κ3) is 43.3. The minimum absolute atomic E-state index is 0.303. The minimum Gasteiger partial charge on any atom is -0.481 e. The van der Waals surface area contributed by atoms with Gasteiger partial charge < -0.3 is 71.5 Å². The topological polar surface area (TPSA) is 454 Å². The molecule has 306 valence electrons. The number of hydrogen-bond donors (Lipinski definition) is 14. The summed E-state index contributed by atoms with van der Waals surface area (Å²) in [6.45, 7) is 13.4. The fourth-order valence-corrected chi connectivity index (χ4v) is 1.59. The first-order valence-electron chi connectivity index (χ1n) is 13.5. The number of aliphatic hydroxyl groups is 4. The van der Waals surface area contributed by atoms with Crippen LogP contribution >= 0.6 is 0 Å². The molecule has 0 saturated carbocycles. The summed E-state index contributed by atoms with van der Waals surface area (Å²) in [5, 5.41) is 114.